The zero-order chi connectivity index (χ0) is 20.1. The van der Waals surface area contributed by atoms with Crippen LogP contribution in [0.4, 0.5) is 5.69 Å². The molecule has 0 spiro atoms. The van der Waals surface area contributed by atoms with Gasteiger partial charge >= 0.3 is 5.97 Å². The molecule has 2 aromatic rings. The van der Waals surface area contributed by atoms with Gasteiger partial charge in [-0.2, -0.15) is 0 Å². The maximum atomic E-state index is 12.6. The first-order chi connectivity index (χ1) is 13.6. The van der Waals surface area contributed by atoms with Crippen LogP contribution in [-0.4, -0.2) is 51.2 Å². The highest BCUT2D eigenvalue weighted by Gasteiger charge is 2.24. The Hall–Kier alpha value is -3.22. The number of amides is 1. The molecule has 0 radical (unpaired) electrons. The number of nitrogens with one attached hydrogen (secondary N) is 1. The highest BCUT2D eigenvalue weighted by molar-refractivity contribution is 5.96. The third-order valence-electron chi connectivity index (χ3n) is 4.81. The minimum atomic E-state index is -0.526. The number of hydrogen-bond acceptors (Lipinski definition) is 6. The van der Waals surface area contributed by atoms with Gasteiger partial charge in [0, 0.05) is 25.8 Å². The van der Waals surface area contributed by atoms with Crippen LogP contribution in [0.3, 0.4) is 0 Å². The molecule has 2 aromatic carbocycles. The van der Waals surface area contributed by atoms with Gasteiger partial charge in [-0.05, 0) is 41.8 Å². The van der Waals surface area contributed by atoms with Gasteiger partial charge in [0.2, 0.25) is 0 Å². The minimum absolute atomic E-state index is 0.226. The fourth-order valence-electron chi connectivity index (χ4n) is 3.27. The first-order valence-corrected chi connectivity index (χ1v) is 9.02. The zero-order valence-corrected chi connectivity index (χ0v) is 16.3. The number of methoxy groups -OCH3 is 2. The lowest BCUT2D eigenvalue weighted by Gasteiger charge is -2.29. The largest absolute Gasteiger partial charge is 0.493 e. The van der Waals surface area contributed by atoms with E-state index < -0.39 is 5.97 Å². The van der Waals surface area contributed by atoms with E-state index in [9.17, 15) is 9.59 Å². The molecule has 148 valence electrons. The van der Waals surface area contributed by atoms with Crippen LogP contribution in [0.5, 0.6) is 11.5 Å². The van der Waals surface area contributed by atoms with E-state index in [0.717, 1.165) is 11.1 Å². The quantitative estimate of drug-likeness (QED) is 0.771. The molecule has 0 bridgehead atoms. The minimum Gasteiger partial charge on any atom is -0.493 e. The molecule has 0 saturated heterocycles. The Labute approximate surface area is 164 Å². The van der Waals surface area contributed by atoms with Crippen LogP contribution in [0, 0.1) is 0 Å². The van der Waals surface area contributed by atoms with Crippen LogP contribution in [0.1, 0.15) is 21.5 Å². The number of esters is 1. The number of carbonyl (C=O) groups is 2. The lowest BCUT2D eigenvalue weighted by atomic mass is 9.99. The number of carbonyl (C=O) groups excluding carboxylic acids is 2. The first-order valence-electron chi connectivity index (χ1n) is 9.02. The van der Waals surface area contributed by atoms with Crippen LogP contribution in [0.25, 0.3) is 0 Å². The van der Waals surface area contributed by atoms with Crippen LogP contribution in [0.15, 0.2) is 36.4 Å². The monoisotopic (exact) mass is 384 g/mol. The lowest BCUT2D eigenvalue weighted by molar-refractivity contribution is -0.135. The summed E-state index contributed by atoms with van der Waals surface area (Å²) in [6, 6.07) is 10.9. The van der Waals surface area contributed by atoms with E-state index in [2.05, 4.69) is 5.32 Å². The molecule has 0 fully saturated rings. The van der Waals surface area contributed by atoms with Crippen molar-refractivity contribution in [3.05, 3.63) is 53.1 Å². The second kappa shape index (κ2) is 8.65. The highest BCUT2D eigenvalue weighted by atomic mass is 16.5. The second-order valence-corrected chi connectivity index (χ2v) is 6.41. The molecule has 1 amide bonds. The van der Waals surface area contributed by atoms with Crippen molar-refractivity contribution in [2.24, 2.45) is 0 Å². The summed E-state index contributed by atoms with van der Waals surface area (Å²) in [4.78, 5) is 26.5. The molecule has 1 heterocycles. The van der Waals surface area contributed by atoms with Gasteiger partial charge in [-0.15, -0.1) is 0 Å². The van der Waals surface area contributed by atoms with Gasteiger partial charge in [-0.25, -0.2) is 4.79 Å². The van der Waals surface area contributed by atoms with Crippen LogP contribution in [-0.2, 0) is 22.5 Å². The van der Waals surface area contributed by atoms with Crippen molar-refractivity contribution < 1.29 is 23.8 Å². The SMILES string of the molecule is CNc1ccccc1C(=O)OCC(=O)N1CCc2cc(OC)c(OC)cc2C1. The molecule has 0 aromatic heterocycles. The molecule has 7 nitrogen and oxygen atoms in total. The summed E-state index contributed by atoms with van der Waals surface area (Å²) in [5.41, 5.74) is 3.19. The molecular formula is C21H24N2O5. The van der Waals surface area contributed by atoms with Crippen LogP contribution in [0.2, 0.25) is 0 Å². The van der Waals surface area contributed by atoms with Crippen molar-refractivity contribution in [3.8, 4) is 11.5 Å². The van der Waals surface area contributed by atoms with Crippen molar-refractivity contribution in [1.82, 2.24) is 4.90 Å². The smallest absolute Gasteiger partial charge is 0.340 e. The number of ether oxygens (including phenoxy) is 3. The van der Waals surface area contributed by atoms with E-state index >= 15 is 0 Å². The summed E-state index contributed by atoms with van der Waals surface area (Å²) in [5.74, 6) is 0.557. The Morgan fingerprint density at radius 3 is 2.43 bits per heavy atom. The first kappa shape index (κ1) is 19.5. The fourth-order valence-corrected chi connectivity index (χ4v) is 3.27. The Balaban J connectivity index is 1.64. The van der Waals surface area contributed by atoms with Gasteiger partial charge < -0.3 is 24.4 Å². The average Bonchev–Trinajstić information content (AvgIpc) is 2.75. The Morgan fingerprint density at radius 2 is 1.75 bits per heavy atom. The van der Waals surface area contributed by atoms with Gasteiger partial charge in [0.05, 0.1) is 19.8 Å². The summed E-state index contributed by atoms with van der Waals surface area (Å²) >= 11 is 0. The topological polar surface area (TPSA) is 77.1 Å². The van der Waals surface area contributed by atoms with E-state index in [1.807, 2.05) is 18.2 Å². The molecule has 1 N–H and O–H groups in total. The van der Waals surface area contributed by atoms with E-state index in [1.165, 1.54) is 0 Å². The molecule has 1 aliphatic heterocycles. The molecule has 7 heteroatoms. The molecule has 1 aliphatic rings. The highest BCUT2D eigenvalue weighted by Crippen LogP contribution is 2.33. The number of rotatable bonds is 6. The normalized spacial score (nSPS) is 12.8. The summed E-state index contributed by atoms with van der Waals surface area (Å²) in [7, 11) is 4.91. The number of para-hydroxylation sites is 1. The summed E-state index contributed by atoms with van der Waals surface area (Å²) in [5, 5.41) is 2.94. The van der Waals surface area contributed by atoms with E-state index in [-0.39, 0.29) is 12.5 Å². The van der Waals surface area contributed by atoms with Crippen molar-refractivity contribution >= 4 is 17.6 Å². The van der Waals surface area contributed by atoms with Crippen molar-refractivity contribution in [3.63, 3.8) is 0 Å². The number of hydrogen-bond donors (Lipinski definition) is 1. The number of benzene rings is 2. The second-order valence-electron chi connectivity index (χ2n) is 6.41. The van der Waals surface area contributed by atoms with Gasteiger partial charge in [0.1, 0.15) is 0 Å². The van der Waals surface area contributed by atoms with E-state index in [4.69, 9.17) is 14.2 Å². The molecule has 3 rings (SSSR count). The molecule has 28 heavy (non-hydrogen) atoms. The lowest BCUT2D eigenvalue weighted by Crippen LogP contribution is -2.38. The average molecular weight is 384 g/mol. The molecule has 0 aliphatic carbocycles. The summed E-state index contributed by atoms with van der Waals surface area (Å²) in [6.07, 6.45) is 0.706. The third-order valence-corrected chi connectivity index (χ3v) is 4.81. The van der Waals surface area contributed by atoms with Crippen LogP contribution < -0.4 is 14.8 Å². The number of anilines is 1. The molecule has 0 unspecified atom stereocenters. The van der Waals surface area contributed by atoms with Gasteiger partial charge in [0.25, 0.3) is 5.91 Å². The predicted octanol–water partition coefficient (Wildman–Crippen LogP) is 2.49. The molecule has 0 atom stereocenters. The third kappa shape index (κ3) is 4.03. The standard InChI is InChI=1S/C21H24N2O5/c1-22-17-7-5-4-6-16(17)21(25)28-13-20(24)23-9-8-14-10-18(26-2)19(27-3)11-15(14)12-23/h4-7,10-11,22H,8-9,12-13H2,1-3H3. The Kier molecular flexibility index (Phi) is 6.03. The predicted molar refractivity (Wildman–Crippen MR) is 105 cm³/mol. The zero-order valence-electron chi connectivity index (χ0n) is 16.3. The maximum absolute atomic E-state index is 12.6. The summed E-state index contributed by atoms with van der Waals surface area (Å²) in [6.45, 7) is 0.713. The van der Waals surface area contributed by atoms with Crippen molar-refractivity contribution in [1.29, 1.82) is 0 Å². The summed E-state index contributed by atoms with van der Waals surface area (Å²) < 4.78 is 15.9. The van der Waals surface area contributed by atoms with Gasteiger partial charge in [-0.1, -0.05) is 12.1 Å². The van der Waals surface area contributed by atoms with Crippen molar-refractivity contribution in [2.45, 2.75) is 13.0 Å². The van der Waals surface area contributed by atoms with Crippen molar-refractivity contribution in [2.75, 3.05) is 39.7 Å². The molecular weight excluding hydrogens is 360 g/mol. The van der Waals surface area contributed by atoms with Gasteiger partial charge in [0.15, 0.2) is 18.1 Å². The van der Waals surface area contributed by atoms with Gasteiger partial charge in [-0.3, -0.25) is 4.79 Å². The number of fused-ring (bicyclic) bond motifs is 1. The Morgan fingerprint density at radius 1 is 1.07 bits per heavy atom. The molecule has 0 saturated carbocycles. The Bertz CT molecular complexity index is 881. The maximum Gasteiger partial charge on any atom is 0.340 e. The fraction of sp³-hybridized carbons (Fsp3) is 0.333. The number of nitrogens with zero attached hydrogens (tertiary/aromatic N) is 1. The van der Waals surface area contributed by atoms with Crippen LogP contribution >= 0.6 is 0 Å². The van der Waals surface area contributed by atoms with E-state index in [1.54, 1.807) is 44.4 Å². The van der Waals surface area contributed by atoms with E-state index in [0.29, 0.717) is 42.3 Å².